The van der Waals surface area contributed by atoms with Gasteiger partial charge in [-0.15, -0.1) is 0 Å². The zero-order chi connectivity index (χ0) is 14.9. The highest BCUT2D eigenvalue weighted by Gasteiger charge is 2.34. The van der Waals surface area contributed by atoms with Gasteiger partial charge in [-0.3, -0.25) is 0 Å². The number of nitrogens with zero attached hydrogens (tertiary/aromatic N) is 1. The Bertz CT molecular complexity index is 597. The molecule has 20 heavy (non-hydrogen) atoms. The number of primary sulfonamides is 1. The Morgan fingerprint density at radius 2 is 1.95 bits per heavy atom. The second-order valence-electron chi connectivity index (χ2n) is 5.13. The van der Waals surface area contributed by atoms with Gasteiger partial charge in [-0.1, -0.05) is 6.92 Å². The lowest BCUT2D eigenvalue weighted by atomic mass is 9.90. The fourth-order valence-electron chi connectivity index (χ4n) is 2.68. The van der Waals surface area contributed by atoms with E-state index in [4.69, 9.17) is 5.14 Å². The molecule has 6 nitrogen and oxygen atoms in total. The van der Waals surface area contributed by atoms with Crippen LogP contribution in [0.25, 0.3) is 0 Å². The largest absolute Gasteiger partial charge is 0.480 e. The van der Waals surface area contributed by atoms with Gasteiger partial charge in [0.05, 0.1) is 4.90 Å². The summed E-state index contributed by atoms with van der Waals surface area (Å²) in [6, 6.07) is 5.44. The number of rotatable bonds is 3. The van der Waals surface area contributed by atoms with E-state index in [0.717, 1.165) is 12.8 Å². The second kappa shape index (κ2) is 5.41. The Morgan fingerprint density at radius 3 is 2.45 bits per heavy atom. The highest BCUT2D eigenvalue weighted by atomic mass is 32.2. The van der Waals surface area contributed by atoms with Crippen LogP contribution in [0.4, 0.5) is 5.69 Å². The van der Waals surface area contributed by atoms with Crippen LogP contribution < -0.4 is 10.0 Å². The van der Waals surface area contributed by atoms with Crippen molar-refractivity contribution in [2.45, 2.75) is 30.7 Å². The van der Waals surface area contributed by atoms with E-state index in [2.05, 4.69) is 0 Å². The van der Waals surface area contributed by atoms with Gasteiger partial charge in [0.15, 0.2) is 0 Å². The van der Waals surface area contributed by atoms with E-state index in [1.54, 1.807) is 12.1 Å². The first-order valence-corrected chi connectivity index (χ1v) is 7.97. The summed E-state index contributed by atoms with van der Waals surface area (Å²) >= 11 is 0. The van der Waals surface area contributed by atoms with Gasteiger partial charge in [0, 0.05) is 12.2 Å². The fraction of sp³-hybridized carbons (Fsp3) is 0.462. The third kappa shape index (κ3) is 2.94. The molecule has 0 spiro atoms. The molecule has 0 aromatic heterocycles. The van der Waals surface area contributed by atoms with Gasteiger partial charge in [0.25, 0.3) is 0 Å². The molecule has 0 amide bonds. The molecular weight excluding hydrogens is 280 g/mol. The van der Waals surface area contributed by atoms with Crippen LogP contribution in [0, 0.1) is 5.92 Å². The zero-order valence-electron chi connectivity index (χ0n) is 11.2. The van der Waals surface area contributed by atoms with Crippen LogP contribution in [0.5, 0.6) is 0 Å². The minimum atomic E-state index is -3.73. The SMILES string of the molecule is CC1CCCN(c2ccc(S(N)(=O)=O)cc2)C1C(=O)O. The smallest absolute Gasteiger partial charge is 0.326 e. The van der Waals surface area contributed by atoms with Crippen molar-refractivity contribution in [3.05, 3.63) is 24.3 Å². The van der Waals surface area contributed by atoms with E-state index in [-0.39, 0.29) is 10.8 Å². The van der Waals surface area contributed by atoms with Crippen LogP contribution in [0.15, 0.2) is 29.2 Å². The number of carbonyl (C=O) groups is 1. The van der Waals surface area contributed by atoms with E-state index in [0.29, 0.717) is 12.2 Å². The van der Waals surface area contributed by atoms with Crippen molar-refractivity contribution in [3.8, 4) is 0 Å². The third-order valence-corrected chi connectivity index (χ3v) is 4.61. The van der Waals surface area contributed by atoms with Gasteiger partial charge in [-0.25, -0.2) is 18.4 Å². The normalized spacial score (nSPS) is 23.6. The van der Waals surface area contributed by atoms with E-state index in [9.17, 15) is 18.3 Å². The fourth-order valence-corrected chi connectivity index (χ4v) is 3.20. The van der Waals surface area contributed by atoms with E-state index < -0.39 is 22.0 Å². The number of hydrogen-bond acceptors (Lipinski definition) is 4. The average molecular weight is 298 g/mol. The van der Waals surface area contributed by atoms with Gasteiger partial charge in [0.2, 0.25) is 10.0 Å². The number of piperidine rings is 1. The molecule has 1 aromatic rings. The summed E-state index contributed by atoms with van der Waals surface area (Å²) < 4.78 is 22.4. The summed E-state index contributed by atoms with van der Waals surface area (Å²) in [6.07, 6.45) is 1.80. The number of carboxylic acids is 1. The summed E-state index contributed by atoms with van der Waals surface area (Å²) in [4.78, 5) is 13.3. The molecule has 0 radical (unpaired) electrons. The van der Waals surface area contributed by atoms with E-state index in [1.165, 1.54) is 12.1 Å². The molecule has 1 fully saturated rings. The molecular formula is C13H18N2O4S. The monoisotopic (exact) mass is 298 g/mol. The molecule has 1 aliphatic rings. The maximum Gasteiger partial charge on any atom is 0.326 e. The number of sulfonamides is 1. The lowest BCUT2D eigenvalue weighted by molar-refractivity contribution is -0.140. The van der Waals surface area contributed by atoms with Gasteiger partial charge in [-0.2, -0.15) is 0 Å². The van der Waals surface area contributed by atoms with Crippen molar-refractivity contribution in [2.24, 2.45) is 11.1 Å². The molecule has 3 N–H and O–H groups in total. The molecule has 0 bridgehead atoms. The number of aliphatic carboxylic acids is 1. The maximum absolute atomic E-state index is 11.4. The lowest BCUT2D eigenvalue weighted by Gasteiger charge is -2.39. The van der Waals surface area contributed by atoms with Crippen LogP contribution >= 0.6 is 0 Å². The van der Waals surface area contributed by atoms with Crippen LogP contribution in [-0.2, 0) is 14.8 Å². The number of nitrogens with two attached hydrogens (primary N) is 1. The first kappa shape index (κ1) is 14.8. The van der Waals surface area contributed by atoms with Crippen LogP contribution in [0.1, 0.15) is 19.8 Å². The van der Waals surface area contributed by atoms with Crippen LogP contribution in [-0.4, -0.2) is 32.1 Å². The second-order valence-corrected chi connectivity index (χ2v) is 6.70. The molecule has 0 saturated carbocycles. The van der Waals surface area contributed by atoms with Crippen molar-refractivity contribution < 1.29 is 18.3 Å². The van der Waals surface area contributed by atoms with E-state index >= 15 is 0 Å². The molecule has 0 aliphatic carbocycles. The van der Waals surface area contributed by atoms with Crippen molar-refractivity contribution in [1.82, 2.24) is 0 Å². The predicted octanol–water partition coefficient (Wildman–Crippen LogP) is 1.02. The Kier molecular flexibility index (Phi) is 4.01. The van der Waals surface area contributed by atoms with Crippen molar-refractivity contribution in [1.29, 1.82) is 0 Å². The summed E-state index contributed by atoms with van der Waals surface area (Å²) in [5.74, 6) is -0.799. The first-order valence-electron chi connectivity index (χ1n) is 6.43. The minimum absolute atomic E-state index is 0.0261. The Hall–Kier alpha value is -1.60. The molecule has 1 aromatic carbocycles. The van der Waals surface area contributed by atoms with Crippen LogP contribution in [0.3, 0.4) is 0 Å². The molecule has 7 heteroatoms. The quantitative estimate of drug-likeness (QED) is 0.867. The lowest BCUT2D eigenvalue weighted by Crippen LogP contribution is -2.49. The molecule has 2 rings (SSSR count). The summed E-state index contributed by atoms with van der Waals surface area (Å²) in [7, 11) is -3.73. The minimum Gasteiger partial charge on any atom is -0.480 e. The number of hydrogen-bond donors (Lipinski definition) is 2. The van der Waals surface area contributed by atoms with Crippen molar-refractivity contribution in [3.63, 3.8) is 0 Å². The first-order chi connectivity index (χ1) is 9.30. The number of anilines is 1. The highest BCUT2D eigenvalue weighted by molar-refractivity contribution is 7.89. The van der Waals surface area contributed by atoms with Gasteiger partial charge >= 0.3 is 5.97 Å². The Balaban J connectivity index is 2.32. The maximum atomic E-state index is 11.4. The summed E-state index contributed by atoms with van der Waals surface area (Å²) in [6.45, 7) is 2.57. The summed E-state index contributed by atoms with van der Waals surface area (Å²) in [5.41, 5.74) is 0.705. The Morgan fingerprint density at radius 1 is 1.35 bits per heavy atom. The molecule has 110 valence electrons. The van der Waals surface area contributed by atoms with E-state index in [1.807, 2.05) is 11.8 Å². The standard InChI is InChI=1S/C13H18N2O4S/c1-9-3-2-8-15(12(9)13(16)17)10-4-6-11(7-5-10)20(14,18)19/h4-7,9,12H,2-3,8H2,1H3,(H,16,17)(H2,14,18,19). The van der Waals surface area contributed by atoms with Crippen molar-refractivity contribution >= 4 is 21.7 Å². The van der Waals surface area contributed by atoms with Gasteiger partial charge < -0.3 is 10.0 Å². The van der Waals surface area contributed by atoms with Crippen molar-refractivity contribution in [2.75, 3.05) is 11.4 Å². The molecule has 2 atom stereocenters. The predicted molar refractivity (Wildman–Crippen MR) is 75.0 cm³/mol. The summed E-state index contributed by atoms with van der Waals surface area (Å²) in [5, 5.41) is 14.4. The van der Waals surface area contributed by atoms with Gasteiger partial charge in [-0.05, 0) is 43.0 Å². The Labute approximate surface area is 118 Å². The average Bonchev–Trinajstić information content (AvgIpc) is 2.37. The third-order valence-electron chi connectivity index (χ3n) is 3.68. The number of carboxylic acid groups (broad SMARTS) is 1. The molecule has 2 unspecified atom stereocenters. The molecule has 1 heterocycles. The van der Waals surface area contributed by atoms with Crippen LogP contribution in [0.2, 0.25) is 0 Å². The topological polar surface area (TPSA) is 101 Å². The van der Waals surface area contributed by atoms with Gasteiger partial charge in [0.1, 0.15) is 6.04 Å². The molecule has 1 saturated heterocycles. The highest BCUT2D eigenvalue weighted by Crippen LogP contribution is 2.29. The zero-order valence-corrected chi connectivity index (χ0v) is 12.0. The number of benzene rings is 1. The molecule has 1 aliphatic heterocycles.